The van der Waals surface area contributed by atoms with E-state index in [-0.39, 0.29) is 11.6 Å². The van der Waals surface area contributed by atoms with E-state index in [2.05, 4.69) is 5.10 Å². The van der Waals surface area contributed by atoms with Crippen molar-refractivity contribution in [2.24, 2.45) is 10.8 Å². The first-order valence-corrected chi connectivity index (χ1v) is 6.72. The fourth-order valence-electron chi connectivity index (χ4n) is 2.47. The first kappa shape index (κ1) is 14.2. The summed E-state index contributed by atoms with van der Waals surface area (Å²) in [6.45, 7) is 0. The van der Waals surface area contributed by atoms with Crippen LogP contribution in [0, 0.1) is 11.6 Å². The molecule has 2 amide bonds. The van der Waals surface area contributed by atoms with Gasteiger partial charge in [-0.3, -0.25) is 0 Å². The summed E-state index contributed by atoms with van der Waals surface area (Å²) in [5.41, 5.74) is 7.45. The van der Waals surface area contributed by atoms with Crippen LogP contribution in [0.5, 0.6) is 0 Å². The Morgan fingerprint density at radius 3 is 2.14 bits per heavy atom. The molecule has 1 heterocycles. The number of hydrazone groups is 1. The molecule has 0 radical (unpaired) electrons. The zero-order valence-electron chi connectivity index (χ0n) is 11.5. The van der Waals surface area contributed by atoms with Crippen LogP contribution < -0.4 is 5.73 Å². The number of benzene rings is 2. The summed E-state index contributed by atoms with van der Waals surface area (Å²) in [6, 6.07) is 10.6. The van der Waals surface area contributed by atoms with Crippen LogP contribution in [0.3, 0.4) is 0 Å². The molecule has 22 heavy (non-hydrogen) atoms. The van der Waals surface area contributed by atoms with Gasteiger partial charge in [0.2, 0.25) is 0 Å². The van der Waals surface area contributed by atoms with E-state index < -0.39 is 12.1 Å². The molecule has 2 aromatic carbocycles. The fraction of sp³-hybridized carbons (Fsp3) is 0.125. The lowest BCUT2D eigenvalue weighted by molar-refractivity contribution is 0.196. The maximum atomic E-state index is 13.0. The second-order valence-corrected chi connectivity index (χ2v) is 5.01. The number of primary amides is 1. The van der Waals surface area contributed by atoms with Crippen molar-refractivity contribution in [3.05, 3.63) is 71.3 Å². The number of rotatable bonds is 2. The Morgan fingerprint density at radius 2 is 1.59 bits per heavy atom. The second kappa shape index (κ2) is 5.55. The Balaban J connectivity index is 1.92. The quantitative estimate of drug-likeness (QED) is 0.910. The minimum Gasteiger partial charge on any atom is -0.350 e. The maximum Gasteiger partial charge on any atom is 0.335 e. The summed E-state index contributed by atoms with van der Waals surface area (Å²) in [7, 11) is 0. The highest BCUT2D eigenvalue weighted by Crippen LogP contribution is 2.32. The third-order valence-corrected chi connectivity index (χ3v) is 3.57. The van der Waals surface area contributed by atoms with Gasteiger partial charge < -0.3 is 5.73 Å². The van der Waals surface area contributed by atoms with Gasteiger partial charge in [0, 0.05) is 6.42 Å². The van der Waals surface area contributed by atoms with E-state index in [1.165, 1.54) is 29.3 Å². The molecule has 3 rings (SSSR count). The Bertz CT molecular complexity index is 726. The molecular weight excluding hydrogens is 288 g/mol. The molecule has 1 aliphatic heterocycles. The lowest BCUT2D eigenvalue weighted by atomic mass is 9.98. The Labute approximate surface area is 125 Å². The van der Waals surface area contributed by atoms with Crippen molar-refractivity contribution in [3.63, 3.8) is 0 Å². The smallest absolute Gasteiger partial charge is 0.335 e. The molecular formula is C16H13F2N3O. The molecule has 0 aromatic heterocycles. The highest BCUT2D eigenvalue weighted by atomic mass is 19.1. The highest BCUT2D eigenvalue weighted by molar-refractivity contribution is 6.03. The summed E-state index contributed by atoms with van der Waals surface area (Å²) < 4.78 is 26.0. The van der Waals surface area contributed by atoms with Crippen molar-refractivity contribution in [2.45, 2.75) is 12.5 Å². The van der Waals surface area contributed by atoms with E-state index >= 15 is 0 Å². The molecule has 0 aliphatic carbocycles. The topological polar surface area (TPSA) is 58.7 Å². The van der Waals surface area contributed by atoms with Crippen LogP contribution in [-0.4, -0.2) is 16.8 Å². The van der Waals surface area contributed by atoms with Crippen molar-refractivity contribution >= 4 is 11.7 Å². The predicted molar refractivity (Wildman–Crippen MR) is 78.1 cm³/mol. The minimum absolute atomic E-state index is 0.343. The molecule has 0 unspecified atom stereocenters. The van der Waals surface area contributed by atoms with Crippen molar-refractivity contribution < 1.29 is 13.6 Å². The molecule has 1 atom stereocenters. The number of hydrogen-bond donors (Lipinski definition) is 1. The largest absolute Gasteiger partial charge is 0.350 e. The van der Waals surface area contributed by atoms with E-state index in [1.807, 2.05) is 0 Å². The van der Waals surface area contributed by atoms with Crippen LogP contribution in [-0.2, 0) is 0 Å². The van der Waals surface area contributed by atoms with Gasteiger partial charge in [-0.05, 0) is 35.4 Å². The lowest BCUT2D eigenvalue weighted by Gasteiger charge is -2.19. The first-order chi connectivity index (χ1) is 10.5. The van der Waals surface area contributed by atoms with Crippen LogP contribution in [0.15, 0.2) is 53.6 Å². The summed E-state index contributed by atoms with van der Waals surface area (Å²) >= 11 is 0. The Kier molecular flexibility index (Phi) is 3.58. The normalized spacial score (nSPS) is 17.5. The number of hydrogen-bond acceptors (Lipinski definition) is 2. The fourth-order valence-corrected chi connectivity index (χ4v) is 2.47. The van der Waals surface area contributed by atoms with Crippen molar-refractivity contribution in [2.75, 3.05) is 0 Å². The SMILES string of the molecule is NC(=O)N1N=C(c2ccc(F)cc2)C[C@@H]1c1ccc(F)cc1. The van der Waals surface area contributed by atoms with Crippen LogP contribution >= 0.6 is 0 Å². The summed E-state index contributed by atoms with van der Waals surface area (Å²) in [4.78, 5) is 11.6. The Morgan fingerprint density at radius 1 is 1.05 bits per heavy atom. The van der Waals surface area contributed by atoms with Crippen molar-refractivity contribution in [1.82, 2.24) is 5.01 Å². The molecule has 1 aliphatic rings. The number of halogens is 2. The van der Waals surface area contributed by atoms with Gasteiger partial charge in [0.15, 0.2) is 0 Å². The molecule has 4 nitrogen and oxygen atoms in total. The van der Waals surface area contributed by atoms with Crippen LogP contribution in [0.2, 0.25) is 0 Å². The summed E-state index contributed by atoms with van der Waals surface area (Å²) in [5, 5.41) is 5.40. The number of nitrogens with two attached hydrogens (primary N) is 1. The van der Waals surface area contributed by atoms with Gasteiger partial charge in [-0.25, -0.2) is 18.6 Å². The molecule has 112 valence electrons. The standard InChI is InChI=1S/C16H13F2N3O/c17-12-5-1-10(2-6-12)14-9-15(21(20-14)16(19)22)11-3-7-13(18)8-4-11/h1-8,15H,9H2,(H2,19,22)/t15-/m1/s1. The molecule has 0 saturated carbocycles. The molecule has 0 saturated heterocycles. The Hall–Kier alpha value is -2.76. The van der Waals surface area contributed by atoms with E-state index in [4.69, 9.17) is 5.73 Å². The van der Waals surface area contributed by atoms with Crippen molar-refractivity contribution in [3.8, 4) is 0 Å². The van der Waals surface area contributed by atoms with E-state index in [9.17, 15) is 13.6 Å². The number of amides is 2. The molecule has 0 fully saturated rings. The second-order valence-electron chi connectivity index (χ2n) is 5.01. The summed E-state index contributed by atoms with van der Waals surface area (Å²) in [6.07, 6.45) is 0.431. The average molecular weight is 301 g/mol. The van der Waals surface area contributed by atoms with Gasteiger partial charge in [-0.2, -0.15) is 5.10 Å². The van der Waals surface area contributed by atoms with Crippen LogP contribution in [0.25, 0.3) is 0 Å². The summed E-state index contributed by atoms with van der Waals surface area (Å²) in [5.74, 6) is -0.698. The molecule has 6 heteroatoms. The van der Waals surface area contributed by atoms with E-state index in [1.54, 1.807) is 24.3 Å². The number of nitrogens with zero attached hydrogens (tertiary/aromatic N) is 2. The van der Waals surface area contributed by atoms with Crippen LogP contribution in [0.4, 0.5) is 13.6 Å². The maximum absolute atomic E-state index is 13.0. The van der Waals surface area contributed by atoms with Crippen molar-refractivity contribution in [1.29, 1.82) is 0 Å². The number of carbonyl (C=O) groups is 1. The molecule has 0 bridgehead atoms. The minimum atomic E-state index is -0.688. The molecule has 0 spiro atoms. The molecule has 2 aromatic rings. The highest BCUT2D eigenvalue weighted by Gasteiger charge is 2.31. The first-order valence-electron chi connectivity index (χ1n) is 6.72. The van der Waals surface area contributed by atoms with E-state index in [0.717, 1.165) is 11.1 Å². The third-order valence-electron chi connectivity index (χ3n) is 3.57. The predicted octanol–water partition coefficient (Wildman–Crippen LogP) is 3.19. The van der Waals surface area contributed by atoms with E-state index in [0.29, 0.717) is 12.1 Å². The van der Waals surface area contributed by atoms with Gasteiger partial charge in [0.1, 0.15) is 11.6 Å². The van der Waals surface area contributed by atoms with Gasteiger partial charge >= 0.3 is 6.03 Å². The number of carbonyl (C=O) groups excluding carboxylic acids is 1. The average Bonchev–Trinajstić information content (AvgIpc) is 2.94. The van der Waals surface area contributed by atoms with Gasteiger partial charge in [-0.15, -0.1) is 0 Å². The zero-order chi connectivity index (χ0) is 15.7. The molecule has 2 N–H and O–H groups in total. The number of urea groups is 1. The lowest BCUT2D eigenvalue weighted by Crippen LogP contribution is -2.31. The van der Waals surface area contributed by atoms with Gasteiger partial charge in [0.25, 0.3) is 0 Å². The zero-order valence-corrected chi connectivity index (χ0v) is 11.5. The monoisotopic (exact) mass is 301 g/mol. The van der Waals surface area contributed by atoms with Gasteiger partial charge in [-0.1, -0.05) is 24.3 Å². The third kappa shape index (κ3) is 2.67. The van der Waals surface area contributed by atoms with Crippen LogP contribution in [0.1, 0.15) is 23.6 Å². The van der Waals surface area contributed by atoms with Gasteiger partial charge in [0.05, 0.1) is 11.8 Å².